The minimum absolute atomic E-state index is 0.293. The van der Waals surface area contributed by atoms with E-state index >= 15 is 0 Å². The molecule has 0 aliphatic heterocycles. The van der Waals surface area contributed by atoms with Crippen LogP contribution in [0.4, 0.5) is 5.69 Å². The number of carboxylic acids is 1. The lowest BCUT2D eigenvalue weighted by molar-refractivity contribution is -0.307. The fourth-order valence-corrected chi connectivity index (χ4v) is 3.16. The lowest BCUT2D eigenvalue weighted by Crippen LogP contribution is -2.34. The maximum absolute atomic E-state index is 11.9. The van der Waals surface area contributed by atoms with Crippen LogP contribution in [0.5, 0.6) is 11.5 Å². The van der Waals surface area contributed by atoms with Crippen molar-refractivity contribution in [2.24, 2.45) is 0 Å². The summed E-state index contributed by atoms with van der Waals surface area (Å²) in [6.45, 7) is 3.41. The normalized spacial score (nSPS) is 11.3. The van der Waals surface area contributed by atoms with Crippen molar-refractivity contribution >= 4 is 11.7 Å². The van der Waals surface area contributed by atoms with Crippen LogP contribution in [0.15, 0.2) is 72.8 Å². The zero-order chi connectivity index (χ0) is 23.5. The van der Waals surface area contributed by atoms with E-state index in [4.69, 9.17) is 19.5 Å². The van der Waals surface area contributed by atoms with Crippen LogP contribution in [0.25, 0.3) is 0 Å². The van der Waals surface area contributed by atoms with Crippen LogP contribution in [0.3, 0.4) is 0 Å². The second kappa shape index (κ2) is 12.1. The number of nitrogens with zero attached hydrogens (tertiary/aromatic N) is 1. The van der Waals surface area contributed by atoms with E-state index in [1.165, 1.54) is 0 Å². The Bertz CT molecular complexity index is 1080. The van der Waals surface area contributed by atoms with E-state index < -0.39 is 12.0 Å². The fourth-order valence-electron chi connectivity index (χ4n) is 3.16. The monoisotopic (exact) mass is 445 g/mol. The molecular formula is C26H25N2O5-. The topological polar surface area (TPSA) is 104 Å². The molecule has 0 heterocycles. The van der Waals surface area contributed by atoms with Crippen molar-refractivity contribution in [3.63, 3.8) is 0 Å². The summed E-state index contributed by atoms with van der Waals surface area (Å²) < 4.78 is 17.0. The van der Waals surface area contributed by atoms with Gasteiger partial charge in [0.25, 0.3) is 0 Å². The van der Waals surface area contributed by atoms with E-state index in [0.29, 0.717) is 54.7 Å². The Morgan fingerprint density at radius 2 is 1.70 bits per heavy atom. The Labute approximate surface area is 193 Å². The maximum atomic E-state index is 11.9. The first-order valence-electron chi connectivity index (χ1n) is 10.6. The molecule has 0 radical (unpaired) electrons. The zero-order valence-corrected chi connectivity index (χ0v) is 18.3. The van der Waals surface area contributed by atoms with Crippen LogP contribution in [-0.4, -0.2) is 25.8 Å². The van der Waals surface area contributed by atoms with Gasteiger partial charge in [0, 0.05) is 11.8 Å². The number of carboxylic acid groups (broad SMARTS) is 1. The summed E-state index contributed by atoms with van der Waals surface area (Å²) in [6.07, 6.45) is 0. The Balaban J connectivity index is 1.68. The number of hydrogen-bond acceptors (Lipinski definition) is 7. The summed E-state index contributed by atoms with van der Waals surface area (Å²) in [5.41, 5.74) is 2.52. The van der Waals surface area contributed by atoms with Crippen molar-refractivity contribution in [3.8, 4) is 17.6 Å². The first-order valence-corrected chi connectivity index (χ1v) is 10.6. The van der Waals surface area contributed by atoms with Gasteiger partial charge in [0.1, 0.15) is 18.1 Å². The minimum atomic E-state index is -1.30. The quantitative estimate of drug-likeness (QED) is 0.426. The van der Waals surface area contributed by atoms with Gasteiger partial charge >= 0.3 is 0 Å². The highest BCUT2D eigenvalue weighted by Crippen LogP contribution is 2.29. The number of rotatable bonds is 12. The van der Waals surface area contributed by atoms with Crippen LogP contribution < -0.4 is 19.9 Å². The molecule has 33 heavy (non-hydrogen) atoms. The largest absolute Gasteiger partial charge is 0.548 e. The van der Waals surface area contributed by atoms with Crippen LogP contribution >= 0.6 is 0 Å². The van der Waals surface area contributed by atoms with Gasteiger partial charge < -0.3 is 29.4 Å². The average molecular weight is 445 g/mol. The third-order valence-corrected chi connectivity index (χ3v) is 4.72. The first-order chi connectivity index (χ1) is 16.1. The van der Waals surface area contributed by atoms with Gasteiger partial charge in [0.05, 0.1) is 43.5 Å². The smallest absolute Gasteiger partial charge is 0.123 e. The van der Waals surface area contributed by atoms with Crippen molar-refractivity contribution < 1.29 is 24.1 Å². The van der Waals surface area contributed by atoms with E-state index in [1.807, 2.05) is 43.3 Å². The Kier molecular flexibility index (Phi) is 8.69. The number of carbonyl (C=O) groups excluding carboxylic acids is 1. The molecule has 1 atom stereocenters. The molecule has 170 valence electrons. The molecule has 0 aliphatic carbocycles. The van der Waals surface area contributed by atoms with E-state index in [0.717, 1.165) is 5.56 Å². The minimum Gasteiger partial charge on any atom is -0.548 e. The van der Waals surface area contributed by atoms with E-state index in [9.17, 15) is 9.90 Å². The summed E-state index contributed by atoms with van der Waals surface area (Å²) in [7, 11) is 0. The van der Waals surface area contributed by atoms with Crippen LogP contribution in [0, 0.1) is 11.3 Å². The fraction of sp³-hybridized carbons (Fsp3) is 0.231. The van der Waals surface area contributed by atoms with E-state index in [2.05, 4.69) is 5.32 Å². The van der Waals surface area contributed by atoms with Crippen molar-refractivity contribution in [2.45, 2.75) is 19.6 Å². The van der Waals surface area contributed by atoms with Crippen molar-refractivity contribution in [3.05, 3.63) is 89.5 Å². The summed E-state index contributed by atoms with van der Waals surface area (Å²) in [6, 6.07) is 22.2. The highest BCUT2D eigenvalue weighted by atomic mass is 16.5. The lowest BCUT2D eigenvalue weighted by atomic mass is 10.1. The third kappa shape index (κ3) is 7.27. The van der Waals surface area contributed by atoms with Gasteiger partial charge in [-0.15, -0.1) is 0 Å². The number of aliphatic carboxylic acids is 1. The van der Waals surface area contributed by atoms with Gasteiger partial charge in [0.15, 0.2) is 0 Å². The van der Waals surface area contributed by atoms with Crippen molar-refractivity contribution in [2.75, 3.05) is 25.1 Å². The highest BCUT2D eigenvalue weighted by Gasteiger charge is 2.16. The predicted molar refractivity (Wildman–Crippen MR) is 122 cm³/mol. The summed E-state index contributed by atoms with van der Waals surface area (Å²) >= 11 is 0. The molecular weight excluding hydrogens is 420 g/mol. The zero-order valence-electron chi connectivity index (χ0n) is 18.3. The molecule has 3 aromatic carbocycles. The predicted octanol–water partition coefficient (Wildman–Crippen LogP) is 3.46. The van der Waals surface area contributed by atoms with E-state index in [1.54, 1.807) is 42.5 Å². The number of carbonyl (C=O) groups is 1. The third-order valence-electron chi connectivity index (χ3n) is 4.72. The van der Waals surface area contributed by atoms with Gasteiger partial charge in [-0.05, 0) is 54.4 Å². The molecule has 7 nitrogen and oxygen atoms in total. The second-order valence-corrected chi connectivity index (χ2v) is 7.14. The van der Waals surface area contributed by atoms with Crippen molar-refractivity contribution in [1.82, 2.24) is 0 Å². The molecule has 3 aromatic rings. The number of ether oxygens (including phenoxy) is 3. The Hall–Kier alpha value is -4.02. The number of hydrogen-bond donors (Lipinski definition) is 1. The van der Waals surface area contributed by atoms with Crippen LogP contribution in [-0.2, 0) is 16.1 Å². The maximum Gasteiger partial charge on any atom is 0.123 e. The lowest BCUT2D eigenvalue weighted by Gasteiger charge is -2.23. The molecule has 0 fully saturated rings. The van der Waals surface area contributed by atoms with E-state index in [-0.39, 0.29) is 0 Å². The van der Waals surface area contributed by atoms with Crippen molar-refractivity contribution in [1.29, 1.82) is 5.26 Å². The Morgan fingerprint density at radius 1 is 1.00 bits per heavy atom. The standard InChI is InChI=1S/C26H26N2O5/c1-2-32-23-14-21(25(26(29)30)28-22-10-8-19(17-27)9-11-22)15-24(16-23)33-13-12-31-18-20-6-4-3-5-7-20/h3-11,14-16,25,28H,2,12-13,18H2,1H3,(H,29,30)/p-1. The molecule has 0 aromatic heterocycles. The second-order valence-electron chi connectivity index (χ2n) is 7.14. The molecule has 0 bridgehead atoms. The number of benzene rings is 3. The van der Waals surface area contributed by atoms with Gasteiger partial charge in [0.2, 0.25) is 0 Å². The molecule has 1 unspecified atom stereocenters. The van der Waals surface area contributed by atoms with Gasteiger partial charge in [-0.3, -0.25) is 0 Å². The molecule has 0 aliphatic rings. The van der Waals surface area contributed by atoms with Crippen LogP contribution in [0.1, 0.15) is 29.7 Å². The molecule has 0 spiro atoms. The molecule has 0 saturated heterocycles. The summed E-state index contributed by atoms with van der Waals surface area (Å²) in [4.78, 5) is 11.9. The molecule has 3 rings (SSSR count). The summed E-state index contributed by atoms with van der Waals surface area (Å²) in [5, 5.41) is 23.8. The average Bonchev–Trinajstić information content (AvgIpc) is 2.83. The Morgan fingerprint density at radius 3 is 2.33 bits per heavy atom. The molecule has 7 heteroatoms. The number of nitriles is 1. The number of anilines is 1. The summed E-state index contributed by atoms with van der Waals surface area (Å²) in [5.74, 6) is -0.347. The first kappa shape index (κ1) is 23.6. The van der Waals surface area contributed by atoms with Gasteiger partial charge in [-0.25, -0.2) is 0 Å². The van der Waals surface area contributed by atoms with Gasteiger partial charge in [-0.2, -0.15) is 5.26 Å². The molecule has 0 amide bonds. The number of nitrogens with one attached hydrogen (secondary N) is 1. The van der Waals surface area contributed by atoms with Gasteiger partial charge in [-0.1, -0.05) is 30.3 Å². The SMILES string of the molecule is CCOc1cc(OCCOCc2ccccc2)cc(C(Nc2ccc(C#N)cc2)C(=O)[O-])c1. The molecule has 0 saturated carbocycles. The van der Waals surface area contributed by atoms with Crippen LogP contribution in [0.2, 0.25) is 0 Å². The molecule has 1 N–H and O–H groups in total. The highest BCUT2D eigenvalue weighted by molar-refractivity contribution is 5.78.